The van der Waals surface area contributed by atoms with E-state index in [9.17, 15) is 9.59 Å². The van der Waals surface area contributed by atoms with Crippen LogP contribution in [0.2, 0.25) is 5.02 Å². The summed E-state index contributed by atoms with van der Waals surface area (Å²) < 4.78 is 12.7. The Hall–Kier alpha value is -3.82. The van der Waals surface area contributed by atoms with Gasteiger partial charge in [0.15, 0.2) is 11.5 Å². The topological polar surface area (TPSA) is 85.7 Å². The van der Waals surface area contributed by atoms with Crippen LogP contribution >= 0.6 is 22.9 Å². The molecule has 0 aliphatic heterocycles. The standard InChI is InChI=1S/C30H33ClN4O4S/c1-4-15-35(30(37)23-9-5-6-10-24(23)31)18-22-8-7-16-34(22)19-28-33-25(20-40-28)29(36)32-14-13-21-11-12-26(38-2)27(17-21)39-3/h5-12,16-17,20H,4,13-15,18-19H2,1-3H3,(H,32,36). The molecule has 2 aromatic heterocycles. The summed E-state index contributed by atoms with van der Waals surface area (Å²) in [5, 5.41) is 5.97. The first kappa shape index (κ1) is 29.2. The molecule has 2 aromatic carbocycles. The molecule has 2 heterocycles. The predicted molar refractivity (Wildman–Crippen MR) is 158 cm³/mol. The average molecular weight is 581 g/mol. The van der Waals surface area contributed by atoms with Gasteiger partial charge in [0, 0.05) is 30.4 Å². The van der Waals surface area contributed by atoms with Gasteiger partial charge >= 0.3 is 0 Å². The number of amides is 2. The Balaban J connectivity index is 1.35. The lowest BCUT2D eigenvalue weighted by molar-refractivity contribution is 0.0739. The lowest BCUT2D eigenvalue weighted by atomic mass is 10.1. The number of nitrogens with zero attached hydrogens (tertiary/aromatic N) is 3. The van der Waals surface area contributed by atoms with E-state index in [2.05, 4.69) is 14.9 Å². The van der Waals surface area contributed by atoms with Gasteiger partial charge in [-0.1, -0.05) is 36.7 Å². The minimum Gasteiger partial charge on any atom is -0.493 e. The fourth-order valence-electron chi connectivity index (χ4n) is 4.35. The van der Waals surface area contributed by atoms with E-state index in [1.807, 2.05) is 60.5 Å². The number of ether oxygens (including phenoxy) is 2. The molecule has 10 heteroatoms. The van der Waals surface area contributed by atoms with Gasteiger partial charge in [-0.25, -0.2) is 4.98 Å². The molecule has 4 aromatic rings. The maximum atomic E-state index is 13.2. The van der Waals surface area contributed by atoms with E-state index in [1.165, 1.54) is 11.3 Å². The molecule has 8 nitrogen and oxygen atoms in total. The third kappa shape index (κ3) is 7.22. The monoisotopic (exact) mass is 580 g/mol. The zero-order valence-electron chi connectivity index (χ0n) is 22.9. The van der Waals surface area contributed by atoms with E-state index < -0.39 is 0 Å². The highest BCUT2D eigenvalue weighted by Gasteiger charge is 2.20. The molecule has 4 rings (SSSR count). The van der Waals surface area contributed by atoms with Crippen molar-refractivity contribution in [3.8, 4) is 11.5 Å². The number of halogens is 1. The normalized spacial score (nSPS) is 10.8. The van der Waals surface area contributed by atoms with Gasteiger partial charge in [-0.3, -0.25) is 9.59 Å². The highest BCUT2D eigenvalue weighted by molar-refractivity contribution is 7.09. The second kappa shape index (κ2) is 14.0. The van der Waals surface area contributed by atoms with E-state index in [-0.39, 0.29) is 11.8 Å². The van der Waals surface area contributed by atoms with Crippen molar-refractivity contribution in [1.29, 1.82) is 0 Å². The molecule has 0 radical (unpaired) electrons. The molecule has 0 saturated carbocycles. The molecule has 0 aliphatic carbocycles. The highest BCUT2D eigenvalue weighted by Crippen LogP contribution is 2.27. The van der Waals surface area contributed by atoms with Crippen molar-refractivity contribution in [3.05, 3.63) is 98.7 Å². The Morgan fingerprint density at radius 1 is 1.07 bits per heavy atom. The molecule has 0 aliphatic rings. The first-order valence-electron chi connectivity index (χ1n) is 13.0. The van der Waals surface area contributed by atoms with Crippen LogP contribution in [0.1, 0.15) is 50.5 Å². The number of aromatic nitrogens is 2. The summed E-state index contributed by atoms with van der Waals surface area (Å²) in [7, 11) is 3.20. The second-order valence-electron chi connectivity index (χ2n) is 9.16. The number of hydrogen-bond donors (Lipinski definition) is 1. The zero-order valence-corrected chi connectivity index (χ0v) is 24.4. The smallest absolute Gasteiger partial charge is 0.270 e. The Bertz CT molecular complexity index is 1450. The molecular weight excluding hydrogens is 548 g/mol. The largest absolute Gasteiger partial charge is 0.493 e. The number of carbonyl (C=O) groups excluding carboxylic acids is 2. The minimum absolute atomic E-state index is 0.0958. The van der Waals surface area contributed by atoms with Gasteiger partial charge in [0.1, 0.15) is 10.7 Å². The molecule has 210 valence electrons. The number of carbonyl (C=O) groups is 2. The lowest BCUT2D eigenvalue weighted by Crippen LogP contribution is -2.32. The SMILES string of the molecule is CCCN(Cc1cccn1Cc1nc(C(=O)NCCc2ccc(OC)c(OC)c2)cs1)C(=O)c1ccccc1Cl. The molecule has 1 N–H and O–H groups in total. The van der Waals surface area contributed by atoms with E-state index in [4.69, 9.17) is 21.1 Å². The summed E-state index contributed by atoms with van der Waals surface area (Å²) >= 11 is 7.73. The molecule has 40 heavy (non-hydrogen) atoms. The van der Waals surface area contributed by atoms with E-state index in [0.29, 0.717) is 60.4 Å². The Morgan fingerprint density at radius 3 is 2.62 bits per heavy atom. The number of methoxy groups -OCH3 is 2. The molecule has 0 fully saturated rings. The number of nitrogens with one attached hydrogen (secondary N) is 1. The number of benzene rings is 2. The molecule has 0 atom stereocenters. The highest BCUT2D eigenvalue weighted by atomic mass is 35.5. The van der Waals surface area contributed by atoms with Crippen LogP contribution in [0.15, 0.2) is 66.2 Å². The van der Waals surface area contributed by atoms with Gasteiger partial charge in [-0.2, -0.15) is 0 Å². The van der Waals surface area contributed by atoms with Crippen LogP contribution in [-0.4, -0.2) is 53.6 Å². The van der Waals surface area contributed by atoms with Crippen LogP contribution in [0.3, 0.4) is 0 Å². The Kier molecular flexibility index (Phi) is 10.2. The molecule has 0 spiro atoms. The van der Waals surface area contributed by atoms with Gasteiger partial charge in [0.05, 0.1) is 37.9 Å². The van der Waals surface area contributed by atoms with Crippen LogP contribution in [0.4, 0.5) is 0 Å². The van der Waals surface area contributed by atoms with E-state index in [1.54, 1.807) is 31.7 Å². The molecule has 0 bridgehead atoms. The fourth-order valence-corrected chi connectivity index (χ4v) is 5.34. The summed E-state index contributed by atoms with van der Waals surface area (Å²) in [6.07, 6.45) is 3.44. The molecule has 0 unspecified atom stereocenters. The Labute approximate surface area is 243 Å². The second-order valence-corrected chi connectivity index (χ2v) is 10.5. The van der Waals surface area contributed by atoms with Crippen molar-refractivity contribution < 1.29 is 19.1 Å². The third-order valence-corrected chi connectivity index (χ3v) is 7.56. The van der Waals surface area contributed by atoms with Crippen LogP contribution in [0.25, 0.3) is 0 Å². The van der Waals surface area contributed by atoms with Gasteiger partial charge in [-0.15, -0.1) is 11.3 Å². The fraction of sp³-hybridized carbons (Fsp3) is 0.300. The van der Waals surface area contributed by atoms with Crippen LogP contribution < -0.4 is 14.8 Å². The Morgan fingerprint density at radius 2 is 1.88 bits per heavy atom. The first-order valence-corrected chi connectivity index (χ1v) is 14.3. The number of rotatable bonds is 13. The first-order chi connectivity index (χ1) is 19.4. The summed E-state index contributed by atoms with van der Waals surface area (Å²) in [5.74, 6) is 1.02. The molecule has 0 saturated heterocycles. The van der Waals surface area contributed by atoms with Crippen molar-refractivity contribution in [2.75, 3.05) is 27.3 Å². The van der Waals surface area contributed by atoms with Crippen LogP contribution in [0.5, 0.6) is 11.5 Å². The zero-order chi connectivity index (χ0) is 28.5. The minimum atomic E-state index is -0.213. The summed E-state index contributed by atoms with van der Waals surface area (Å²) in [6, 6.07) is 16.8. The maximum Gasteiger partial charge on any atom is 0.270 e. The lowest BCUT2D eigenvalue weighted by Gasteiger charge is -2.23. The van der Waals surface area contributed by atoms with Crippen molar-refractivity contribution >= 4 is 34.8 Å². The van der Waals surface area contributed by atoms with E-state index in [0.717, 1.165) is 22.7 Å². The predicted octanol–water partition coefficient (Wildman–Crippen LogP) is 5.69. The van der Waals surface area contributed by atoms with Gasteiger partial charge in [-0.05, 0) is 54.8 Å². The van der Waals surface area contributed by atoms with Gasteiger partial charge in [0.2, 0.25) is 0 Å². The summed E-state index contributed by atoms with van der Waals surface area (Å²) in [6.45, 7) is 4.07. The van der Waals surface area contributed by atoms with Crippen LogP contribution in [0, 0.1) is 0 Å². The van der Waals surface area contributed by atoms with Crippen molar-refractivity contribution in [2.45, 2.75) is 32.9 Å². The van der Waals surface area contributed by atoms with Crippen molar-refractivity contribution in [2.24, 2.45) is 0 Å². The van der Waals surface area contributed by atoms with Gasteiger partial charge < -0.3 is 24.3 Å². The van der Waals surface area contributed by atoms with Gasteiger partial charge in [0.25, 0.3) is 11.8 Å². The quantitative estimate of drug-likeness (QED) is 0.220. The van der Waals surface area contributed by atoms with Crippen molar-refractivity contribution in [1.82, 2.24) is 19.8 Å². The molecule has 2 amide bonds. The van der Waals surface area contributed by atoms with Crippen LogP contribution in [-0.2, 0) is 19.5 Å². The molecular formula is C30H33ClN4O4S. The van der Waals surface area contributed by atoms with E-state index >= 15 is 0 Å². The third-order valence-electron chi connectivity index (χ3n) is 6.40. The average Bonchev–Trinajstić information content (AvgIpc) is 3.62. The number of thiazole rings is 1. The van der Waals surface area contributed by atoms with Crippen molar-refractivity contribution in [3.63, 3.8) is 0 Å². The summed E-state index contributed by atoms with van der Waals surface area (Å²) in [4.78, 5) is 32.3. The maximum absolute atomic E-state index is 13.2. The number of hydrogen-bond acceptors (Lipinski definition) is 6. The summed E-state index contributed by atoms with van der Waals surface area (Å²) in [5.41, 5.74) is 2.90.